The summed E-state index contributed by atoms with van der Waals surface area (Å²) in [6, 6.07) is 2.47. The van der Waals surface area contributed by atoms with E-state index in [2.05, 4.69) is 20.6 Å². The maximum atomic E-state index is 4.13. The largest absolute Gasteiger partial charge is 0.367 e. The van der Waals surface area contributed by atoms with Gasteiger partial charge in [0.2, 0.25) is 0 Å². The SMILES string of the molecule is Cl.Cl.c1cc(NC2CCNCC2)ncn1. The van der Waals surface area contributed by atoms with Crippen molar-refractivity contribution in [3.8, 4) is 0 Å². The summed E-state index contributed by atoms with van der Waals surface area (Å²) in [5.41, 5.74) is 0. The first-order chi connectivity index (χ1) is 6.45. The molecule has 0 atom stereocenters. The highest BCUT2D eigenvalue weighted by Crippen LogP contribution is 2.09. The summed E-state index contributed by atoms with van der Waals surface area (Å²) in [5.74, 6) is 0.932. The predicted molar refractivity (Wildman–Crippen MR) is 66.0 cm³/mol. The average Bonchev–Trinajstić information content (AvgIpc) is 2.21. The van der Waals surface area contributed by atoms with Gasteiger partial charge in [-0.2, -0.15) is 0 Å². The smallest absolute Gasteiger partial charge is 0.129 e. The number of hydrogen-bond acceptors (Lipinski definition) is 4. The Labute approximate surface area is 102 Å². The molecule has 0 radical (unpaired) electrons. The van der Waals surface area contributed by atoms with E-state index in [1.807, 2.05) is 6.07 Å². The van der Waals surface area contributed by atoms with Crippen molar-refractivity contribution in [1.29, 1.82) is 0 Å². The van der Waals surface area contributed by atoms with Crippen LogP contribution in [0.5, 0.6) is 0 Å². The van der Waals surface area contributed by atoms with Gasteiger partial charge in [0.15, 0.2) is 0 Å². The first kappa shape index (κ1) is 14.4. The zero-order chi connectivity index (χ0) is 8.93. The average molecular weight is 251 g/mol. The molecule has 1 aromatic heterocycles. The molecule has 0 unspecified atom stereocenters. The van der Waals surface area contributed by atoms with Crippen LogP contribution in [0.15, 0.2) is 18.6 Å². The standard InChI is InChI=1S/C9H14N4.2ClH/c1-4-10-5-2-8(1)13-9-3-6-11-7-12-9;;/h3,6-8,10H,1-2,4-5H2,(H,11,12,13);2*1H. The molecule has 15 heavy (non-hydrogen) atoms. The summed E-state index contributed by atoms with van der Waals surface area (Å²) >= 11 is 0. The minimum absolute atomic E-state index is 0. The third-order valence-corrected chi connectivity index (χ3v) is 2.27. The third kappa shape index (κ3) is 4.64. The van der Waals surface area contributed by atoms with E-state index in [4.69, 9.17) is 0 Å². The molecule has 2 N–H and O–H groups in total. The van der Waals surface area contributed by atoms with E-state index in [1.54, 1.807) is 12.5 Å². The number of nitrogens with one attached hydrogen (secondary N) is 2. The minimum atomic E-state index is 0. The Morgan fingerprint density at radius 3 is 2.60 bits per heavy atom. The van der Waals surface area contributed by atoms with Gasteiger partial charge in [-0.15, -0.1) is 24.8 Å². The Morgan fingerprint density at radius 1 is 1.27 bits per heavy atom. The summed E-state index contributed by atoms with van der Waals surface area (Å²) < 4.78 is 0. The van der Waals surface area contributed by atoms with Gasteiger partial charge < -0.3 is 10.6 Å². The normalized spacial score (nSPS) is 16.0. The monoisotopic (exact) mass is 250 g/mol. The molecule has 1 fully saturated rings. The van der Waals surface area contributed by atoms with Crippen LogP contribution in [0, 0.1) is 0 Å². The molecule has 1 aliphatic rings. The molecule has 0 saturated carbocycles. The van der Waals surface area contributed by atoms with Crippen LogP contribution in [0.3, 0.4) is 0 Å². The first-order valence-electron chi connectivity index (χ1n) is 4.68. The molecule has 0 amide bonds. The number of nitrogens with zero attached hydrogens (tertiary/aromatic N) is 2. The lowest BCUT2D eigenvalue weighted by atomic mass is 10.1. The molecular formula is C9H16Cl2N4. The molecule has 0 bridgehead atoms. The molecule has 6 heteroatoms. The van der Waals surface area contributed by atoms with Gasteiger partial charge in [-0.25, -0.2) is 9.97 Å². The molecule has 4 nitrogen and oxygen atoms in total. The Morgan fingerprint density at radius 2 is 2.00 bits per heavy atom. The number of anilines is 1. The fourth-order valence-corrected chi connectivity index (χ4v) is 1.55. The summed E-state index contributed by atoms with van der Waals surface area (Å²) in [7, 11) is 0. The second-order valence-corrected chi connectivity index (χ2v) is 3.26. The van der Waals surface area contributed by atoms with Crippen molar-refractivity contribution in [2.75, 3.05) is 18.4 Å². The molecule has 1 aromatic rings. The zero-order valence-electron chi connectivity index (χ0n) is 8.35. The van der Waals surface area contributed by atoms with E-state index in [1.165, 1.54) is 12.8 Å². The number of aromatic nitrogens is 2. The van der Waals surface area contributed by atoms with Gasteiger partial charge in [-0.1, -0.05) is 0 Å². The summed E-state index contributed by atoms with van der Waals surface area (Å²) in [4.78, 5) is 8.01. The molecule has 2 rings (SSSR count). The number of hydrogen-bond donors (Lipinski definition) is 2. The van der Waals surface area contributed by atoms with Crippen molar-refractivity contribution in [3.63, 3.8) is 0 Å². The number of halogens is 2. The van der Waals surface area contributed by atoms with Gasteiger partial charge in [-0.3, -0.25) is 0 Å². The molecule has 2 heterocycles. The van der Waals surface area contributed by atoms with Crippen LogP contribution >= 0.6 is 24.8 Å². The van der Waals surface area contributed by atoms with Gasteiger partial charge in [-0.05, 0) is 32.0 Å². The van der Waals surface area contributed by atoms with Crippen molar-refractivity contribution in [2.45, 2.75) is 18.9 Å². The van der Waals surface area contributed by atoms with Crippen molar-refractivity contribution in [3.05, 3.63) is 18.6 Å². The Kier molecular flexibility index (Phi) is 7.38. The summed E-state index contributed by atoms with van der Waals surface area (Å²) in [6.07, 6.45) is 5.67. The second kappa shape index (κ2) is 7.68. The van der Waals surface area contributed by atoms with Gasteiger partial charge in [0, 0.05) is 12.2 Å². The topological polar surface area (TPSA) is 49.8 Å². The van der Waals surface area contributed by atoms with Gasteiger partial charge in [0.05, 0.1) is 0 Å². The van der Waals surface area contributed by atoms with Crippen LogP contribution < -0.4 is 10.6 Å². The zero-order valence-corrected chi connectivity index (χ0v) is 9.98. The quantitative estimate of drug-likeness (QED) is 0.836. The predicted octanol–water partition coefficient (Wildman–Crippen LogP) is 1.48. The lowest BCUT2D eigenvalue weighted by Gasteiger charge is -2.23. The Balaban J connectivity index is 0.000000980. The molecule has 1 aliphatic heterocycles. The molecule has 0 aliphatic carbocycles. The van der Waals surface area contributed by atoms with Crippen LogP contribution in [-0.2, 0) is 0 Å². The molecule has 0 aromatic carbocycles. The fourth-order valence-electron chi connectivity index (χ4n) is 1.55. The van der Waals surface area contributed by atoms with Gasteiger partial charge >= 0.3 is 0 Å². The Hall–Kier alpha value is -0.580. The van der Waals surface area contributed by atoms with E-state index >= 15 is 0 Å². The third-order valence-electron chi connectivity index (χ3n) is 2.27. The van der Waals surface area contributed by atoms with Crippen molar-refractivity contribution < 1.29 is 0 Å². The van der Waals surface area contributed by atoms with Crippen molar-refractivity contribution in [2.24, 2.45) is 0 Å². The molecule has 86 valence electrons. The molecule has 0 spiro atoms. The Bertz CT molecular complexity index is 252. The maximum absolute atomic E-state index is 4.13. The van der Waals surface area contributed by atoms with Crippen LogP contribution in [-0.4, -0.2) is 29.1 Å². The van der Waals surface area contributed by atoms with Crippen molar-refractivity contribution >= 4 is 30.6 Å². The van der Waals surface area contributed by atoms with Gasteiger partial charge in [0.25, 0.3) is 0 Å². The van der Waals surface area contributed by atoms with Gasteiger partial charge in [0.1, 0.15) is 12.1 Å². The lowest BCUT2D eigenvalue weighted by Crippen LogP contribution is -2.35. The van der Waals surface area contributed by atoms with Crippen LogP contribution in [0.4, 0.5) is 5.82 Å². The number of rotatable bonds is 2. The fraction of sp³-hybridized carbons (Fsp3) is 0.556. The van der Waals surface area contributed by atoms with Crippen LogP contribution in [0.2, 0.25) is 0 Å². The highest BCUT2D eigenvalue weighted by atomic mass is 35.5. The first-order valence-corrected chi connectivity index (χ1v) is 4.68. The van der Waals surface area contributed by atoms with E-state index in [-0.39, 0.29) is 24.8 Å². The highest BCUT2D eigenvalue weighted by molar-refractivity contribution is 5.85. The highest BCUT2D eigenvalue weighted by Gasteiger charge is 2.12. The molecular weight excluding hydrogens is 235 g/mol. The summed E-state index contributed by atoms with van der Waals surface area (Å²) in [5, 5.41) is 6.72. The second-order valence-electron chi connectivity index (χ2n) is 3.26. The van der Waals surface area contributed by atoms with E-state index < -0.39 is 0 Å². The maximum Gasteiger partial charge on any atom is 0.129 e. The van der Waals surface area contributed by atoms with Crippen LogP contribution in [0.25, 0.3) is 0 Å². The van der Waals surface area contributed by atoms with Crippen molar-refractivity contribution in [1.82, 2.24) is 15.3 Å². The van der Waals surface area contributed by atoms with E-state index in [0.717, 1.165) is 18.9 Å². The lowest BCUT2D eigenvalue weighted by molar-refractivity contribution is 0.478. The number of piperidine rings is 1. The van der Waals surface area contributed by atoms with Crippen LogP contribution in [0.1, 0.15) is 12.8 Å². The van der Waals surface area contributed by atoms with E-state index in [9.17, 15) is 0 Å². The summed E-state index contributed by atoms with van der Waals surface area (Å²) in [6.45, 7) is 2.20. The minimum Gasteiger partial charge on any atom is -0.367 e. The molecule has 1 saturated heterocycles. The van der Waals surface area contributed by atoms with E-state index in [0.29, 0.717) is 6.04 Å².